The highest BCUT2D eigenvalue weighted by atomic mass is 32.2. The molecule has 0 saturated carbocycles. The molecule has 0 atom stereocenters. The van der Waals surface area contributed by atoms with Crippen LogP contribution in [-0.4, -0.2) is 16.0 Å². The fourth-order valence-electron chi connectivity index (χ4n) is 2.55. The van der Waals surface area contributed by atoms with Crippen LogP contribution in [0.5, 0.6) is 0 Å². The van der Waals surface area contributed by atoms with E-state index in [0.29, 0.717) is 5.13 Å². The summed E-state index contributed by atoms with van der Waals surface area (Å²) in [6, 6.07) is 9.98. The number of carbonyl (C=O) groups excluding carboxylic acids is 1. The van der Waals surface area contributed by atoms with E-state index in [1.54, 1.807) is 18.0 Å². The molecular formula is C19H16N4OS3. The normalized spacial score (nSPS) is 10.9. The highest BCUT2D eigenvalue weighted by Crippen LogP contribution is 2.38. The molecule has 0 aliphatic carbocycles. The summed E-state index contributed by atoms with van der Waals surface area (Å²) < 4.78 is 1.10. The number of carbonyl (C=O) groups is 1. The summed E-state index contributed by atoms with van der Waals surface area (Å²) in [5, 5.41) is 9.89. The minimum atomic E-state index is -0.288. The summed E-state index contributed by atoms with van der Waals surface area (Å²) in [4.78, 5) is 21.7. The van der Waals surface area contributed by atoms with Gasteiger partial charge in [0, 0.05) is 28.1 Å². The molecule has 3 aromatic heterocycles. The van der Waals surface area contributed by atoms with Gasteiger partial charge >= 0.3 is 6.03 Å². The third kappa shape index (κ3) is 4.13. The van der Waals surface area contributed by atoms with Crippen molar-refractivity contribution in [2.75, 3.05) is 10.6 Å². The van der Waals surface area contributed by atoms with Crippen LogP contribution in [0.2, 0.25) is 0 Å². The third-order valence-electron chi connectivity index (χ3n) is 4.00. The van der Waals surface area contributed by atoms with E-state index in [4.69, 9.17) is 0 Å². The monoisotopic (exact) mass is 412 g/mol. The van der Waals surface area contributed by atoms with Crippen LogP contribution in [0, 0.1) is 13.8 Å². The van der Waals surface area contributed by atoms with Gasteiger partial charge in [-0.15, -0.1) is 22.7 Å². The first-order chi connectivity index (χ1) is 13.1. The van der Waals surface area contributed by atoms with Crippen LogP contribution < -0.4 is 10.6 Å². The molecule has 0 radical (unpaired) electrons. The van der Waals surface area contributed by atoms with Crippen LogP contribution in [0.15, 0.2) is 57.2 Å². The molecule has 0 bridgehead atoms. The Morgan fingerprint density at radius 1 is 1.04 bits per heavy atom. The number of nitrogens with zero attached hydrogens (tertiary/aromatic N) is 2. The summed E-state index contributed by atoms with van der Waals surface area (Å²) in [6.07, 6.45) is 3.50. The van der Waals surface area contributed by atoms with Crippen molar-refractivity contribution in [1.82, 2.24) is 9.97 Å². The largest absolute Gasteiger partial charge is 0.326 e. The zero-order valence-electron chi connectivity index (χ0n) is 14.6. The van der Waals surface area contributed by atoms with Gasteiger partial charge in [0.05, 0.1) is 14.7 Å². The Hall–Kier alpha value is -2.42. The van der Waals surface area contributed by atoms with Crippen LogP contribution >= 0.6 is 34.4 Å². The topological polar surface area (TPSA) is 66.9 Å². The molecule has 1 aromatic carbocycles. The van der Waals surface area contributed by atoms with Gasteiger partial charge in [-0.2, -0.15) is 0 Å². The predicted molar refractivity (Wildman–Crippen MR) is 114 cm³/mol. The first-order valence-corrected chi connectivity index (χ1v) is 10.7. The lowest BCUT2D eigenvalue weighted by Crippen LogP contribution is -2.18. The molecular weight excluding hydrogens is 396 g/mol. The number of nitrogens with one attached hydrogen (secondary N) is 2. The molecule has 27 heavy (non-hydrogen) atoms. The van der Waals surface area contributed by atoms with Gasteiger partial charge < -0.3 is 0 Å². The summed E-state index contributed by atoms with van der Waals surface area (Å²) >= 11 is 4.60. The van der Waals surface area contributed by atoms with Crippen molar-refractivity contribution in [2.24, 2.45) is 0 Å². The number of thiophene rings is 1. The number of anilines is 2. The predicted octanol–water partition coefficient (Wildman–Crippen LogP) is 6.16. The minimum Gasteiger partial charge on any atom is -0.299 e. The quantitative estimate of drug-likeness (QED) is 0.421. The molecule has 5 nitrogen and oxygen atoms in total. The van der Waals surface area contributed by atoms with Crippen LogP contribution in [0.25, 0.3) is 10.9 Å². The Bertz CT molecular complexity index is 1110. The van der Waals surface area contributed by atoms with Gasteiger partial charge in [0.25, 0.3) is 0 Å². The molecule has 0 aliphatic heterocycles. The molecule has 4 rings (SSSR count). The second-order valence-corrected chi connectivity index (χ2v) is 9.22. The van der Waals surface area contributed by atoms with Gasteiger partial charge in [-0.05, 0) is 55.3 Å². The maximum absolute atomic E-state index is 12.0. The molecule has 0 unspecified atom stereocenters. The van der Waals surface area contributed by atoms with Crippen molar-refractivity contribution in [2.45, 2.75) is 23.0 Å². The number of urea groups is 1. The Balaban J connectivity index is 1.50. The van der Waals surface area contributed by atoms with Gasteiger partial charge in [-0.25, -0.2) is 9.78 Å². The number of thiazole rings is 1. The van der Waals surface area contributed by atoms with Crippen LogP contribution in [-0.2, 0) is 0 Å². The van der Waals surface area contributed by atoms with Gasteiger partial charge in [-0.3, -0.25) is 15.6 Å². The number of aryl methyl sites for hydroxylation is 2. The summed E-state index contributed by atoms with van der Waals surface area (Å²) in [7, 11) is 0. The molecule has 0 aliphatic rings. The molecule has 8 heteroatoms. The van der Waals surface area contributed by atoms with Crippen molar-refractivity contribution >= 4 is 61.5 Å². The number of amides is 2. The number of fused-ring (bicyclic) bond motifs is 1. The number of hydrogen-bond acceptors (Lipinski definition) is 6. The lowest BCUT2D eigenvalue weighted by Gasteiger charge is -2.07. The highest BCUT2D eigenvalue weighted by Gasteiger charge is 2.10. The maximum atomic E-state index is 12.0. The summed E-state index contributed by atoms with van der Waals surface area (Å²) in [5.74, 6) is 0. The Morgan fingerprint density at radius 3 is 2.70 bits per heavy atom. The highest BCUT2D eigenvalue weighted by molar-refractivity contribution is 8.01. The second kappa shape index (κ2) is 7.67. The van der Waals surface area contributed by atoms with E-state index in [9.17, 15) is 4.79 Å². The van der Waals surface area contributed by atoms with Crippen molar-refractivity contribution in [3.8, 4) is 0 Å². The molecule has 0 saturated heterocycles. The molecule has 0 spiro atoms. The summed E-state index contributed by atoms with van der Waals surface area (Å²) in [6.45, 7) is 4.22. The smallest absolute Gasteiger partial charge is 0.299 e. The van der Waals surface area contributed by atoms with E-state index in [1.165, 1.54) is 33.8 Å². The van der Waals surface area contributed by atoms with E-state index in [-0.39, 0.29) is 6.03 Å². The van der Waals surface area contributed by atoms with E-state index in [1.807, 2.05) is 29.8 Å². The van der Waals surface area contributed by atoms with Gasteiger partial charge in [-0.1, -0.05) is 11.8 Å². The number of benzene rings is 1. The van der Waals surface area contributed by atoms with Crippen molar-refractivity contribution in [1.29, 1.82) is 0 Å². The zero-order chi connectivity index (χ0) is 18.8. The average molecular weight is 413 g/mol. The van der Waals surface area contributed by atoms with E-state index in [0.717, 1.165) is 25.0 Å². The standard InChI is InChI=1S/C19H16N4OS3/c1-11-9-13-14(10-12(11)2)20-6-5-15(13)26-17-4-3-16(27-17)22-18(24)23-19-21-7-8-25-19/h3-10H,1-2H3,(H2,21,22,23,24). The first kappa shape index (κ1) is 18.0. The van der Waals surface area contributed by atoms with Crippen molar-refractivity contribution in [3.05, 3.63) is 59.2 Å². The van der Waals surface area contributed by atoms with Crippen LogP contribution in [0.3, 0.4) is 0 Å². The zero-order valence-corrected chi connectivity index (χ0v) is 17.1. The fourth-order valence-corrected chi connectivity index (χ4v) is 5.16. The SMILES string of the molecule is Cc1cc2nccc(Sc3ccc(NC(=O)Nc4nccs4)s3)c2cc1C. The second-order valence-electron chi connectivity index (χ2n) is 5.90. The lowest BCUT2D eigenvalue weighted by atomic mass is 10.1. The molecule has 2 N–H and O–H groups in total. The maximum Gasteiger partial charge on any atom is 0.326 e. The lowest BCUT2D eigenvalue weighted by molar-refractivity contribution is 0.262. The van der Waals surface area contributed by atoms with E-state index < -0.39 is 0 Å². The van der Waals surface area contributed by atoms with Crippen molar-refractivity contribution < 1.29 is 4.79 Å². The van der Waals surface area contributed by atoms with Crippen LogP contribution in [0.1, 0.15) is 11.1 Å². The number of pyridine rings is 1. The number of aromatic nitrogens is 2. The van der Waals surface area contributed by atoms with Gasteiger partial charge in [0.2, 0.25) is 0 Å². The van der Waals surface area contributed by atoms with Gasteiger partial charge in [0.1, 0.15) is 0 Å². The number of hydrogen-bond donors (Lipinski definition) is 2. The molecule has 2 amide bonds. The molecule has 0 fully saturated rings. The Morgan fingerprint density at radius 2 is 1.89 bits per heavy atom. The Labute approximate surface area is 168 Å². The first-order valence-electron chi connectivity index (χ1n) is 8.19. The number of rotatable bonds is 4. The fraction of sp³-hybridized carbons (Fsp3) is 0.105. The van der Waals surface area contributed by atoms with E-state index >= 15 is 0 Å². The van der Waals surface area contributed by atoms with E-state index in [2.05, 4.69) is 46.6 Å². The molecule has 4 aromatic rings. The van der Waals surface area contributed by atoms with Crippen molar-refractivity contribution in [3.63, 3.8) is 0 Å². The third-order valence-corrected chi connectivity index (χ3v) is 6.90. The average Bonchev–Trinajstić information content (AvgIpc) is 3.29. The molecule has 3 heterocycles. The Kier molecular flexibility index (Phi) is 5.11. The molecule has 136 valence electrons. The van der Waals surface area contributed by atoms with Crippen LogP contribution in [0.4, 0.5) is 14.9 Å². The minimum absolute atomic E-state index is 0.288. The summed E-state index contributed by atoms with van der Waals surface area (Å²) in [5.41, 5.74) is 3.50. The van der Waals surface area contributed by atoms with Gasteiger partial charge in [0.15, 0.2) is 5.13 Å².